The minimum absolute atomic E-state index is 0.105. The molecule has 0 aliphatic rings. The number of hydrogen-bond donors (Lipinski definition) is 2. The highest BCUT2D eigenvalue weighted by molar-refractivity contribution is 6.10. The Morgan fingerprint density at radius 2 is 1.52 bits per heavy atom. The zero-order valence-electron chi connectivity index (χ0n) is 16.5. The topological polar surface area (TPSA) is 49.3 Å². The molecule has 0 saturated carbocycles. The van der Waals surface area contributed by atoms with Crippen LogP contribution in [0.1, 0.15) is 35.4 Å². The van der Waals surface area contributed by atoms with Gasteiger partial charge in [-0.3, -0.25) is 4.79 Å². The average molecular weight is 383 g/mol. The Balaban J connectivity index is 1.43. The normalized spacial score (nSPS) is 13.4. The van der Waals surface area contributed by atoms with Gasteiger partial charge < -0.3 is 10.4 Å². The van der Waals surface area contributed by atoms with E-state index in [1.165, 1.54) is 5.39 Å². The van der Waals surface area contributed by atoms with Crippen molar-refractivity contribution in [3.05, 3.63) is 96.1 Å². The van der Waals surface area contributed by atoms with Gasteiger partial charge in [-0.1, -0.05) is 78.9 Å². The molecule has 3 nitrogen and oxygen atoms in total. The summed E-state index contributed by atoms with van der Waals surface area (Å²) in [5.41, 5.74) is 1.60. The lowest BCUT2D eigenvalue weighted by Gasteiger charge is -2.20. The summed E-state index contributed by atoms with van der Waals surface area (Å²) in [5.74, 6) is 0.105. The van der Waals surface area contributed by atoms with Gasteiger partial charge in [0.25, 0.3) is 0 Å². The minimum atomic E-state index is -0.599. The molecule has 2 unspecified atom stereocenters. The second kappa shape index (κ2) is 8.56. The van der Waals surface area contributed by atoms with Crippen molar-refractivity contribution in [2.45, 2.75) is 25.5 Å². The van der Waals surface area contributed by atoms with Gasteiger partial charge in [-0.15, -0.1) is 0 Å². The maximum Gasteiger partial charge on any atom is 0.164 e. The van der Waals surface area contributed by atoms with Crippen LogP contribution < -0.4 is 5.32 Å². The van der Waals surface area contributed by atoms with Crippen LogP contribution in [0.15, 0.2) is 84.9 Å². The molecule has 2 atom stereocenters. The van der Waals surface area contributed by atoms with E-state index in [1.807, 2.05) is 67.6 Å². The monoisotopic (exact) mass is 383 g/mol. The fourth-order valence-electron chi connectivity index (χ4n) is 3.78. The van der Waals surface area contributed by atoms with Crippen molar-refractivity contribution < 1.29 is 9.90 Å². The second-order valence-corrected chi connectivity index (χ2v) is 7.49. The fourth-order valence-corrected chi connectivity index (χ4v) is 3.78. The Morgan fingerprint density at radius 1 is 0.862 bits per heavy atom. The van der Waals surface area contributed by atoms with Gasteiger partial charge in [0.05, 0.1) is 6.10 Å². The second-order valence-electron chi connectivity index (χ2n) is 7.49. The lowest BCUT2D eigenvalue weighted by molar-refractivity contribution is 0.0972. The third-order valence-corrected chi connectivity index (χ3v) is 5.50. The Hall–Kier alpha value is -3.01. The van der Waals surface area contributed by atoms with Crippen LogP contribution in [0.4, 0.5) is 0 Å². The quantitative estimate of drug-likeness (QED) is 0.337. The summed E-state index contributed by atoms with van der Waals surface area (Å²) >= 11 is 0. The van der Waals surface area contributed by atoms with Gasteiger partial charge in [0.2, 0.25) is 0 Å². The number of Topliss-reactive ketones (excluding diaryl/α,β-unsaturated/α-hetero) is 1. The zero-order chi connectivity index (χ0) is 20.2. The van der Waals surface area contributed by atoms with Crippen LogP contribution in [-0.4, -0.2) is 23.5 Å². The van der Waals surface area contributed by atoms with Crippen molar-refractivity contribution in [3.8, 4) is 0 Å². The van der Waals surface area contributed by atoms with E-state index in [0.29, 0.717) is 13.0 Å². The van der Waals surface area contributed by atoms with Crippen LogP contribution in [-0.2, 0) is 0 Å². The number of ketones is 1. The SMILES string of the molecule is CC(NCCC(=O)c1ccc2ccc3ccccc3c2c1)C(O)c1ccccc1. The van der Waals surface area contributed by atoms with Crippen molar-refractivity contribution >= 4 is 27.3 Å². The molecule has 4 aromatic rings. The molecular formula is C26H25NO2. The number of aliphatic hydroxyl groups excluding tert-OH is 1. The molecule has 4 rings (SSSR count). The highest BCUT2D eigenvalue weighted by Gasteiger charge is 2.16. The zero-order valence-corrected chi connectivity index (χ0v) is 16.5. The highest BCUT2D eigenvalue weighted by Crippen LogP contribution is 2.26. The summed E-state index contributed by atoms with van der Waals surface area (Å²) in [6, 6.07) is 27.8. The molecule has 0 spiro atoms. The molecule has 0 radical (unpaired) electrons. The molecule has 0 saturated heterocycles. The first-order valence-corrected chi connectivity index (χ1v) is 10.0. The molecule has 4 aromatic carbocycles. The highest BCUT2D eigenvalue weighted by atomic mass is 16.3. The maximum absolute atomic E-state index is 12.7. The molecule has 0 bridgehead atoms. The van der Waals surface area contributed by atoms with E-state index >= 15 is 0 Å². The van der Waals surface area contributed by atoms with Crippen LogP contribution in [0.5, 0.6) is 0 Å². The van der Waals surface area contributed by atoms with Gasteiger partial charge in [0, 0.05) is 24.6 Å². The van der Waals surface area contributed by atoms with E-state index in [2.05, 4.69) is 29.6 Å². The molecule has 0 heterocycles. The lowest BCUT2D eigenvalue weighted by atomic mass is 9.98. The molecule has 3 heteroatoms. The number of aliphatic hydroxyl groups is 1. The first kappa shape index (κ1) is 19.3. The number of nitrogens with one attached hydrogen (secondary N) is 1. The van der Waals surface area contributed by atoms with E-state index in [0.717, 1.165) is 27.3 Å². The number of carbonyl (C=O) groups excluding carboxylic acids is 1. The average Bonchev–Trinajstić information content (AvgIpc) is 2.78. The summed E-state index contributed by atoms with van der Waals surface area (Å²) in [7, 11) is 0. The van der Waals surface area contributed by atoms with Crippen molar-refractivity contribution in [3.63, 3.8) is 0 Å². The van der Waals surface area contributed by atoms with E-state index in [-0.39, 0.29) is 11.8 Å². The van der Waals surface area contributed by atoms with Crippen molar-refractivity contribution in [2.24, 2.45) is 0 Å². The molecule has 2 N–H and O–H groups in total. The predicted molar refractivity (Wildman–Crippen MR) is 119 cm³/mol. The number of benzene rings is 4. The third kappa shape index (κ3) is 4.21. The van der Waals surface area contributed by atoms with Crippen LogP contribution in [0.2, 0.25) is 0 Å². The largest absolute Gasteiger partial charge is 0.387 e. The van der Waals surface area contributed by atoms with Crippen molar-refractivity contribution in [1.82, 2.24) is 5.32 Å². The fraction of sp³-hybridized carbons (Fsp3) is 0.192. The predicted octanol–water partition coefficient (Wildman–Crippen LogP) is 5.28. The maximum atomic E-state index is 12.7. The van der Waals surface area contributed by atoms with E-state index in [9.17, 15) is 9.90 Å². The summed E-state index contributed by atoms with van der Waals surface area (Å²) < 4.78 is 0. The molecule has 0 aliphatic heterocycles. The summed E-state index contributed by atoms with van der Waals surface area (Å²) in [6.45, 7) is 2.46. The van der Waals surface area contributed by atoms with Crippen LogP contribution in [0, 0.1) is 0 Å². The smallest absolute Gasteiger partial charge is 0.164 e. The van der Waals surface area contributed by atoms with Gasteiger partial charge >= 0.3 is 0 Å². The molecule has 0 fully saturated rings. The molecule has 146 valence electrons. The summed E-state index contributed by atoms with van der Waals surface area (Å²) in [6.07, 6.45) is -0.208. The third-order valence-electron chi connectivity index (χ3n) is 5.50. The molecule has 0 aromatic heterocycles. The van der Waals surface area contributed by atoms with E-state index in [1.54, 1.807) is 0 Å². The van der Waals surface area contributed by atoms with Gasteiger partial charge in [-0.2, -0.15) is 0 Å². The molecule has 0 amide bonds. The molecule has 0 aliphatic carbocycles. The number of hydrogen-bond acceptors (Lipinski definition) is 3. The molecular weight excluding hydrogens is 358 g/mol. The Morgan fingerprint density at radius 3 is 2.31 bits per heavy atom. The number of carbonyl (C=O) groups is 1. The van der Waals surface area contributed by atoms with E-state index < -0.39 is 6.10 Å². The van der Waals surface area contributed by atoms with Crippen LogP contribution >= 0.6 is 0 Å². The van der Waals surface area contributed by atoms with Gasteiger partial charge in [-0.05, 0) is 40.1 Å². The first-order chi connectivity index (χ1) is 14.1. The number of rotatable bonds is 7. The van der Waals surface area contributed by atoms with Gasteiger partial charge in [-0.25, -0.2) is 0 Å². The summed E-state index contributed by atoms with van der Waals surface area (Å²) in [4.78, 5) is 12.7. The Bertz CT molecular complexity index is 1140. The lowest BCUT2D eigenvalue weighted by Crippen LogP contribution is -2.33. The summed E-state index contributed by atoms with van der Waals surface area (Å²) in [5, 5.41) is 18.3. The molecule has 29 heavy (non-hydrogen) atoms. The van der Waals surface area contributed by atoms with Gasteiger partial charge in [0.15, 0.2) is 5.78 Å². The Kier molecular flexibility index (Phi) is 5.70. The first-order valence-electron chi connectivity index (χ1n) is 10.0. The van der Waals surface area contributed by atoms with Crippen LogP contribution in [0.25, 0.3) is 21.5 Å². The number of fused-ring (bicyclic) bond motifs is 3. The van der Waals surface area contributed by atoms with Gasteiger partial charge in [0.1, 0.15) is 0 Å². The van der Waals surface area contributed by atoms with Crippen molar-refractivity contribution in [1.29, 1.82) is 0 Å². The van der Waals surface area contributed by atoms with Crippen LogP contribution in [0.3, 0.4) is 0 Å². The standard InChI is InChI=1S/C26H25NO2/c1-18(26(29)21-8-3-2-4-9-21)27-16-15-25(28)22-14-13-20-12-11-19-7-5-6-10-23(19)24(20)17-22/h2-14,17-18,26-27,29H,15-16H2,1H3. The Labute approximate surface area is 171 Å². The minimum Gasteiger partial charge on any atom is -0.387 e. The van der Waals surface area contributed by atoms with E-state index in [4.69, 9.17) is 0 Å². The van der Waals surface area contributed by atoms with Crippen molar-refractivity contribution in [2.75, 3.05) is 6.54 Å².